The van der Waals surface area contributed by atoms with E-state index in [0.717, 1.165) is 6.26 Å². The number of hydrogen-bond donors (Lipinski definition) is 1. The molecule has 0 radical (unpaired) electrons. The molecular formula is C15H17ClO7S. The number of ether oxygens (including phenoxy) is 2. The van der Waals surface area contributed by atoms with Gasteiger partial charge in [0.25, 0.3) is 0 Å². The predicted octanol–water partition coefficient (Wildman–Crippen LogP) is 1.67. The fourth-order valence-electron chi connectivity index (χ4n) is 2.53. The number of benzene rings is 1. The number of methoxy groups -OCH3 is 1. The topological polar surface area (TPSA) is 99.1 Å². The van der Waals surface area contributed by atoms with Crippen molar-refractivity contribution >= 4 is 27.7 Å². The van der Waals surface area contributed by atoms with Gasteiger partial charge in [0.15, 0.2) is 5.75 Å². The van der Waals surface area contributed by atoms with Gasteiger partial charge >= 0.3 is 16.1 Å². The van der Waals surface area contributed by atoms with E-state index in [0.29, 0.717) is 22.4 Å². The maximum atomic E-state index is 12.1. The average molecular weight is 377 g/mol. The molecule has 7 nitrogen and oxygen atoms in total. The Bertz CT molecular complexity index is 812. The molecule has 0 unspecified atom stereocenters. The van der Waals surface area contributed by atoms with Crippen LogP contribution in [-0.2, 0) is 27.9 Å². The van der Waals surface area contributed by atoms with Crippen LogP contribution in [0, 0.1) is 6.92 Å². The van der Waals surface area contributed by atoms with E-state index in [-0.39, 0.29) is 36.0 Å². The highest BCUT2D eigenvalue weighted by Gasteiger charge is 2.34. The number of allylic oxidation sites excluding steroid dienone is 1. The fourth-order valence-corrected chi connectivity index (χ4v) is 3.09. The molecule has 132 valence electrons. The average Bonchev–Trinajstić information content (AvgIpc) is 2.89. The summed E-state index contributed by atoms with van der Waals surface area (Å²) in [6.07, 6.45) is 2.47. The van der Waals surface area contributed by atoms with Gasteiger partial charge in [-0.3, -0.25) is 0 Å². The van der Waals surface area contributed by atoms with Gasteiger partial charge in [-0.25, -0.2) is 4.79 Å². The van der Waals surface area contributed by atoms with Gasteiger partial charge < -0.3 is 18.8 Å². The van der Waals surface area contributed by atoms with Crippen LogP contribution < -0.4 is 8.92 Å². The minimum absolute atomic E-state index is 0.0179. The van der Waals surface area contributed by atoms with Crippen LogP contribution in [0.4, 0.5) is 0 Å². The number of aliphatic hydroxyl groups excluding tert-OH is 1. The SMILES string of the molecule is COc1c(C)c2c(c(OS(C)(=O)=O)c1C/C=C(/Cl)CO)C(=O)OC2. The normalized spacial score (nSPS) is 14.4. The predicted molar refractivity (Wildman–Crippen MR) is 87.0 cm³/mol. The van der Waals surface area contributed by atoms with Crippen LogP contribution in [-0.4, -0.2) is 39.5 Å². The van der Waals surface area contributed by atoms with Crippen LogP contribution in [0.1, 0.15) is 27.0 Å². The van der Waals surface area contributed by atoms with Gasteiger partial charge in [0.2, 0.25) is 0 Å². The Hall–Kier alpha value is -1.77. The zero-order valence-corrected chi connectivity index (χ0v) is 15.0. The second kappa shape index (κ2) is 7.00. The molecule has 1 aliphatic rings. The summed E-state index contributed by atoms with van der Waals surface area (Å²) in [6.45, 7) is 1.40. The maximum Gasteiger partial charge on any atom is 0.342 e. The lowest BCUT2D eigenvalue weighted by Gasteiger charge is -2.18. The van der Waals surface area contributed by atoms with Crippen molar-refractivity contribution in [3.05, 3.63) is 33.4 Å². The lowest BCUT2D eigenvalue weighted by atomic mass is 9.95. The minimum Gasteiger partial charge on any atom is -0.496 e. The molecule has 1 aromatic carbocycles. The van der Waals surface area contributed by atoms with E-state index in [1.807, 2.05) is 0 Å². The highest BCUT2D eigenvalue weighted by molar-refractivity contribution is 7.86. The Morgan fingerprint density at radius 2 is 2.08 bits per heavy atom. The molecule has 0 bridgehead atoms. The van der Waals surface area contributed by atoms with Gasteiger partial charge in [0.1, 0.15) is 17.9 Å². The molecule has 24 heavy (non-hydrogen) atoms. The second-order valence-electron chi connectivity index (χ2n) is 5.20. The Kier molecular flexibility index (Phi) is 5.42. The van der Waals surface area contributed by atoms with E-state index >= 15 is 0 Å². The first kappa shape index (κ1) is 18.6. The van der Waals surface area contributed by atoms with E-state index in [2.05, 4.69) is 0 Å². The van der Waals surface area contributed by atoms with E-state index in [9.17, 15) is 13.2 Å². The van der Waals surface area contributed by atoms with Gasteiger partial charge in [-0.2, -0.15) is 8.42 Å². The summed E-state index contributed by atoms with van der Waals surface area (Å²) in [7, 11) is -2.46. The Morgan fingerprint density at radius 3 is 2.62 bits per heavy atom. The van der Waals surface area contributed by atoms with Gasteiger partial charge in [0.05, 0.1) is 20.0 Å². The largest absolute Gasteiger partial charge is 0.496 e. The molecule has 0 aliphatic carbocycles. The molecule has 0 fully saturated rings. The molecule has 2 rings (SSSR count). The lowest BCUT2D eigenvalue weighted by molar-refractivity contribution is 0.0533. The number of fused-ring (bicyclic) bond motifs is 1. The third kappa shape index (κ3) is 3.66. The number of rotatable bonds is 6. The third-order valence-corrected chi connectivity index (χ3v) is 4.28. The van der Waals surface area contributed by atoms with Crippen molar-refractivity contribution in [3.8, 4) is 11.5 Å². The van der Waals surface area contributed by atoms with Crippen molar-refractivity contribution < 1.29 is 32.0 Å². The molecule has 0 saturated carbocycles. The first-order chi connectivity index (χ1) is 11.2. The molecule has 0 spiro atoms. The zero-order valence-electron chi connectivity index (χ0n) is 13.4. The summed E-state index contributed by atoms with van der Waals surface area (Å²) >= 11 is 5.80. The van der Waals surface area contributed by atoms with Gasteiger partial charge in [-0.05, 0) is 18.9 Å². The minimum atomic E-state index is -3.89. The smallest absolute Gasteiger partial charge is 0.342 e. The van der Waals surface area contributed by atoms with Crippen molar-refractivity contribution in [2.24, 2.45) is 0 Å². The molecule has 0 saturated heterocycles. The van der Waals surface area contributed by atoms with Crippen molar-refractivity contribution in [3.63, 3.8) is 0 Å². The Labute approximate surface area is 144 Å². The lowest BCUT2D eigenvalue weighted by Crippen LogP contribution is -2.13. The molecule has 1 heterocycles. The Morgan fingerprint density at radius 1 is 1.42 bits per heavy atom. The monoisotopic (exact) mass is 376 g/mol. The molecule has 0 aromatic heterocycles. The quantitative estimate of drug-likeness (QED) is 0.595. The molecule has 1 aromatic rings. The van der Waals surface area contributed by atoms with Crippen LogP contribution in [0.2, 0.25) is 0 Å². The molecule has 1 N–H and O–H groups in total. The van der Waals surface area contributed by atoms with Crippen molar-refractivity contribution in [2.75, 3.05) is 20.0 Å². The van der Waals surface area contributed by atoms with Crippen LogP contribution in [0.25, 0.3) is 0 Å². The van der Waals surface area contributed by atoms with E-state index in [1.54, 1.807) is 6.92 Å². The van der Waals surface area contributed by atoms with Crippen LogP contribution >= 0.6 is 11.6 Å². The fraction of sp³-hybridized carbons (Fsp3) is 0.400. The molecule has 1 aliphatic heterocycles. The van der Waals surface area contributed by atoms with Gasteiger partial charge in [-0.15, -0.1) is 0 Å². The summed E-state index contributed by atoms with van der Waals surface area (Å²) in [5.74, 6) is -0.409. The summed E-state index contributed by atoms with van der Waals surface area (Å²) in [5, 5.41) is 9.18. The highest BCUT2D eigenvalue weighted by Crippen LogP contribution is 2.43. The number of esters is 1. The first-order valence-corrected chi connectivity index (χ1v) is 9.13. The molecule has 9 heteroatoms. The van der Waals surface area contributed by atoms with Crippen LogP contribution in [0.3, 0.4) is 0 Å². The van der Waals surface area contributed by atoms with Crippen molar-refractivity contribution in [2.45, 2.75) is 20.0 Å². The highest BCUT2D eigenvalue weighted by atomic mass is 35.5. The van der Waals surface area contributed by atoms with Gasteiger partial charge in [0, 0.05) is 16.2 Å². The number of carbonyl (C=O) groups is 1. The van der Waals surface area contributed by atoms with Gasteiger partial charge in [-0.1, -0.05) is 17.7 Å². The molecule has 0 atom stereocenters. The van der Waals surface area contributed by atoms with Crippen LogP contribution in [0.15, 0.2) is 11.1 Å². The summed E-state index contributed by atoms with van der Waals surface area (Å²) in [6, 6.07) is 0. The van der Waals surface area contributed by atoms with E-state index in [4.69, 9.17) is 30.4 Å². The number of hydrogen-bond acceptors (Lipinski definition) is 7. The van der Waals surface area contributed by atoms with E-state index < -0.39 is 16.1 Å². The van der Waals surface area contributed by atoms with E-state index in [1.165, 1.54) is 13.2 Å². The zero-order chi connectivity index (χ0) is 18.1. The first-order valence-electron chi connectivity index (χ1n) is 6.93. The molecular weight excluding hydrogens is 360 g/mol. The standard InChI is InChI=1S/C15H17ClO7S/c1-8-11-7-22-15(18)12(11)14(23-24(3,19)20)10(13(8)21-2)5-4-9(16)6-17/h4,17H,5-7H2,1-3H3/b9-4+. The third-order valence-electron chi connectivity index (χ3n) is 3.54. The molecule has 0 amide bonds. The number of carbonyl (C=O) groups excluding carboxylic acids is 1. The second-order valence-corrected chi connectivity index (χ2v) is 7.26. The van der Waals surface area contributed by atoms with Crippen LogP contribution in [0.5, 0.6) is 11.5 Å². The summed E-state index contributed by atoms with van der Waals surface area (Å²) in [4.78, 5) is 12.1. The summed E-state index contributed by atoms with van der Waals surface area (Å²) in [5.41, 5.74) is 1.59. The van der Waals surface area contributed by atoms with Crippen molar-refractivity contribution in [1.82, 2.24) is 0 Å². The van der Waals surface area contributed by atoms with Crippen molar-refractivity contribution in [1.29, 1.82) is 0 Å². The number of aliphatic hydroxyl groups is 1. The summed E-state index contributed by atoms with van der Waals surface area (Å²) < 4.78 is 38.7. The maximum absolute atomic E-state index is 12.1. The Balaban J connectivity index is 2.75. The number of cyclic esters (lactones) is 1. The number of halogens is 1.